The van der Waals surface area contributed by atoms with E-state index in [9.17, 15) is 9.59 Å². The van der Waals surface area contributed by atoms with Gasteiger partial charge in [-0.1, -0.05) is 26.2 Å². The van der Waals surface area contributed by atoms with Crippen molar-refractivity contribution in [3.63, 3.8) is 0 Å². The van der Waals surface area contributed by atoms with Crippen LogP contribution in [0.25, 0.3) is 0 Å². The van der Waals surface area contributed by atoms with Crippen molar-refractivity contribution in [3.8, 4) is 0 Å². The molecule has 4 N–H and O–H groups in total. The molecule has 5 nitrogen and oxygen atoms in total. The van der Waals surface area contributed by atoms with E-state index >= 15 is 0 Å². The zero-order valence-electron chi connectivity index (χ0n) is 10.4. The summed E-state index contributed by atoms with van der Waals surface area (Å²) in [5.74, 6) is -0.963. The van der Waals surface area contributed by atoms with Gasteiger partial charge in [0.25, 0.3) is 0 Å². The number of hydrogen-bond donors (Lipinski definition) is 3. The van der Waals surface area contributed by atoms with Gasteiger partial charge in [0.1, 0.15) is 0 Å². The third kappa shape index (κ3) is 4.00. The normalized spacial score (nSPS) is 19.9. The number of carboxylic acid groups (broad SMARTS) is 1. The molecule has 1 saturated carbocycles. The van der Waals surface area contributed by atoms with E-state index in [1.54, 1.807) is 0 Å². The predicted molar refractivity (Wildman–Crippen MR) is 64.4 cm³/mol. The number of aliphatic carboxylic acids is 1. The maximum Gasteiger partial charge on any atom is 0.303 e. The molecule has 1 aliphatic rings. The highest BCUT2D eigenvalue weighted by Crippen LogP contribution is 2.27. The Kier molecular flexibility index (Phi) is 4.93. The molecule has 1 aliphatic carbocycles. The molecule has 0 spiro atoms. The molecule has 0 aromatic rings. The van der Waals surface area contributed by atoms with Crippen LogP contribution in [0.1, 0.15) is 45.4 Å². The Morgan fingerprint density at radius 2 is 2.00 bits per heavy atom. The van der Waals surface area contributed by atoms with Crippen LogP contribution in [0.5, 0.6) is 0 Å². The summed E-state index contributed by atoms with van der Waals surface area (Å²) in [7, 11) is 0. The minimum atomic E-state index is -0.825. The molecule has 98 valence electrons. The van der Waals surface area contributed by atoms with E-state index in [-0.39, 0.29) is 18.2 Å². The molecule has 1 atom stereocenters. The molecule has 0 bridgehead atoms. The number of carbonyl (C=O) groups is 2. The summed E-state index contributed by atoms with van der Waals surface area (Å²) in [6.07, 6.45) is 4.29. The van der Waals surface area contributed by atoms with E-state index in [0.717, 1.165) is 32.1 Å². The largest absolute Gasteiger partial charge is 0.481 e. The minimum Gasteiger partial charge on any atom is -0.481 e. The van der Waals surface area contributed by atoms with Crippen LogP contribution < -0.4 is 11.1 Å². The van der Waals surface area contributed by atoms with Crippen molar-refractivity contribution >= 4 is 11.9 Å². The molecule has 0 aromatic heterocycles. The fraction of sp³-hybridized carbons (Fsp3) is 0.833. The van der Waals surface area contributed by atoms with Crippen LogP contribution in [0.4, 0.5) is 0 Å². The van der Waals surface area contributed by atoms with Crippen molar-refractivity contribution in [2.75, 3.05) is 6.54 Å². The lowest BCUT2D eigenvalue weighted by atomic mass is 9.97. The Morgan fingerprint density at radius 1 is 1.41 bits per heavy atom. The van der Waals surface area contributed by atoms with Crippen LogP contribution in [0, 0.1) is 5.92 Å². The van der Waals surface area contributed by atoms with Crippen LogP contribution in [0.3, 0.4) is 0 Å². The van der Waals surface area contributed by atoms with Crippen LogP contribution in [-0.2, 0) is 9.59 Å². The van der Waals surface area contributed by atoms with E-state index in [2.05, 4.69) is 5.32 Å². The summed E-state index contributed by atoms with van der Waals surface area (Å²) in [6.45, 7) is 2.33. The second-order valence-corrected chi connectivity index (χ2v) is 4.95. The van der Waals surface area contributed by atoms with Crippen molar-refractivity contribution in [3.05, 3.63) is 0 Å². The number of rotatable bonds is 6. The highest BCUT2D eigenvalue weighted by Gasteiger charge is 2.36. The van der Waals surface area contributed by atoms with Gasteiger partial charge in [-0.2, -0.15) is 0 Å². The second kappa shape index (κ2) is 6.00. The fourth-order valence-electron chi connectivity index (χ4n) is 2.25. The quantitative estimate of drug-likeness (QED) is 0.644. The summed E-state index contributed by atoms with van der Waals surface area (Å²) in [5.41, 5.74) is 5.28. The summed E-state index contributed by atoms with van der Waals surface area (Å²) < 4.78 is 0. The molecule has 0 aliphatic heterocycles. The highest BCUT2D eigenvalue weighted by molar-refractivity contribution is 5.86. The Bertz CT molecular complexity index is 285. The van der Waals surface area contributed by atoms with Gasteiger partial charge in [-0.25, -0.2) is 0 Å². The smallest absolute Gasteiger partial charge is 0.303 e. The minimum absolute atomic E-state index is 0.0125. The van der Waals surface area contributed by atoms with E-state index in [0.29, 0.717) is 6.54 Å². The van der Waals surface area contributed by atoms with Crippen molar-refractivity contribution in [1.29, 1.82) is 0 Å². The average molecular weight is 242 g/mol. The molecular weight excluding hydrogens is 220 g/mol. The van der Waals surface area contributed by atoms with Gasteiger partial charge in [0.2, 0.25) is 5.91 Å². The van der Waals surface area contributed by atoms with Gasteiger partial charge in [0, 0.05) is 13.0 Å². The van der Waals surface area contributed by atoms with E-state index in [4.69, 9.17) is 10.8 Å². The molecule has 0 aromatic carbocycles. The Balaban J connectivity index is 2.38. The molecule has 0 radical (unpaired) electrons. The van der Waals surface area contributed by atoms with Gasteiger partial charge in [-0.15, -0.1) is 0 Å². The number of carbonyl (C=O) groups excluding carboxylic acids is 1. The first-order valence-electron chi connectivity index (χ1n) is 6.27. The number of nitrogens with one attached hydrogen (secondary N) is 1. The monoisotopic (exact) mass is 242 g/mol. The first-order chi connectivity index (χ1) is 7.98. The first kappa shape index (κ1) is 14.0. The van der Waals surface area contributed by atoms with Crippen molar-refractivity contribution < 1.29 is 14.7 Å². The molecule has 1 unspecified atom stereocenters. The molecule has 0 saturated heterocycles. The van der Waals surface area contributed by atoms with Crippen LogP contribution in [0.2, 0.25) is 0 Å². The van der Waals surface area contributed by atoms with Gasteiger partial charge in [0.05, 0.1) is 5.54 Å². The molecule has 0 heterocycles. The molecule has 17 heavy (non-hydrogen) atoms. The second-order valence-electron chi connectivity index (χ2n) is 4.95. The summed E-state index contributed by atoms with van der Waals surface area (Å²) in [5, 5.41) is 11.5. The van der Waals surface area contributed by atoms with Gasteiger partial charge in [0.15, 0.2) is 0 Å². The number of nitrogens with two attached hydrogens (primary N) is 1. The predicted octanol–water partition coefficient (Wildman–Crippen LogP) is 0.875. The van der Waals surface area contributed by atoms with Crippen LogP contribution in [0.15, 0.2) is 0 Å². The summed E-state index contributed by atoms with van der Waals surface area (Å²) in [6, 6.07) is 0. The third-order valence-electron chi connectivity index (χ3n) is 3.54. The SMILES string of the molecule is CCC(CNC(=O)C1(N)CCCC1)CC(=O)O. The molecule has 1 rings (SSSR count). The van der Waals surface area contributed by atoms with Gasteiger partial charge in [-0.3, -0.25) is 9.59 Å². The van der Waals surface area contributed by atoms with Gasteiger partial charge in [-0.05, 0) is 18.8 Å². The molecule has 1 amide bonds. The van der Waals surface area contributed by atoms with Crippen molar-refractivity contribution in [2.45, 2.75) is 51.0 Å². The third-order valence-corrected chi connectivity index (χ3v) is 3.54. The van der Waals surface area contributed by atoms with Crippen molar-refractivity contribution in [1.82, 2.24) is 5.32 Å². The number of amides is 1. The molecule has 1 fully saturated rings. The Hall–Kier alpha value is -1.10. The topological polar surface area (TPSA) is 92.4 Å². The molecule has 5 heteroatoms. The van der Waals surface area contributed by atoms with Gasteiger partial charge < -0.3 is 16.2 Å². The van der Waals surface area contributed by atoms with E-state index < -0.39 is 11.5 Å². The standard InChI is InChI=1S/C12H22N2O3/c1-2-9(7-10(15)16)8-14-11(17)12(13)5-3-4-6-12/h9H,2-8,13H2,1H3,(H,14,17)(H,15,16). The lowest BCUT2D eigenvalue weighted by Crippen LogP contribution is -2.52. The van der Waals surface area contributed by atoms with Crippen LogP contribution in [-0.4, -0.2) is 29.1 Å². The zero-order valence-corrected chi connectivity index (χ0v) is 10.4. The Labute approximate surface area is 102 Å². The maximum atomic E-state index is 11.9. The lowest BCUT2D eigenvalue weighted by molar-refractivity contribution is -0.138. The summed E-state index contributed by atoms with van der Waals surface area (Å²) in [4.78, 5) is 22.5. The van der Waals surface area contributed by atoms with Crippen molar-refractivity contribution in [2.24, 2.45) is 11.7 Å². The fourth-order valence-corrected chi connectivity index (χ4v) is 2.25. The van der Waals surface area contributed by atoms with E-state index in [1.807, 2.05) is 6.92 Å². The number of hydrogen-bond acceptors (Lipinski definition) is 3. The molecular formula is C12H22N2O3. The maximum absolute atomic E-state index is 11.9. The van der Waals surface area contributed by atoms with Crippen LogP contribution >= 0.6 is 0 Å². The van der Waals surface area contributed by atoms with E-state index in [1.165, 1.54) is 0 Å². The number of carboxylic acids is 1. The highest BCUT2D eigenvalue weighted by atomic mass is 16.4. The zero-order chi connectivity index (χ0) is 12.9. The summed E-state index contributed by atoms with van der Waals surface area (Å²) >= 11 is 0. The van der Waals surface area contributed by atoms with Gasteiger partial charge >= 0.3 is 5.97 Å². The average Bonchev–Trinajstić information content (AvgIpc) is 2.71. The lowest BCUT2D eigenvalue weighted by Gasteiger charge is -2.23. The first-order valence-corrected chi connectivity index (χ1v) is 6.27. The Morgan fingerprint density at radius 3 is 2.47 bits per heavy atom.